The van der Waals surface area contributed by atoms with Gasteiger partial charge in [-0.3, -0.25) is 10.8 Å². The van der Waals surface area contributed by atoms with E-state index in [0.717, 1.165) is 32.3 Å². The molecule has 1 aromatic carbocycles. The number of hydrogen-bond donors (Lipinski definition) is 2. The number of hydrogen-bond acceptors (Lipinski definition) is 3. The molecule has 96 valence electrons. The average molecular weight is 308 g/mol. The minimum absolute atomic E-state index is 0.00541. The Balaban J connectivity index is 2.85. The highest BCUT2D eigenvalue weighted by atomic mass is 79.9. The van der Waals surface area contributed by atoms with Crippen molar-refractivity contribution in [2.75, 3.05) is 5.43 Å². The molecule has 0 bridgehead atoms. The standard InChI is InChI=1S/C14H18BrN3/c1-8-10(15)6-5-9-11(18-16)7-12(14(2,3)4)17-13(8)9/h5-7H,16H2,1-4H3,(H,17,18). The number of pyridine rings is 1. The Morgan fingerprint density at radius 3 is 2.50 bits per heavy atom. The molecule has 0 saturated carbocycles. The van der Waals surface area contributed by atoms with Crippen molar-refractivity contribution in [2.45, 2.75) is 33.1 Å². The van der Waals surface area contributed by atoms with Crippen LogP contribution in [0.15, 0.2) is 22.7 Å². The van der Waals surface area contributed by atoms with Gasteiger partial charge in [0.1, 0.15) is 0 Å². The van der Waals surface area contributed by atoms with E-state index in [4.69, 9.17) is 10.8 Å². The Morgan fingerprint density at radius 2 is 1.94 bits per heavy atom. The maximum atomic E-state index is 5.63. The Morgan fingerprint density at radius 1 is 1.28 bits per heavy atom. The summed E-state index contributed by atoms with van der Waals surface area (Å²) >= 11 is 3.55. The second-order valence-corrected chi connectivity index (χ2v) is 6.37. The molecule has 0 atom stereocenters. The number of rotatable bonds is 1. The first-order valence-electron chi connectivity index (χ1n) is 5.91. The van der Waals surface area contributed by atoms with E-state index in [1.165, 1.54) is 0 Å². The Bertz CT molecular complexity index is 600. The number of benzene rings is 1. The Labute approximate surface area is 116 Å². The van der Waals surface area contributed by atoms with E-state index < -0.39 is 0 Å². The number of anilines is 1. The molecule has 0 fully saturated rings. The Kier molecular flexibility index (Phi) is 3.34. The van der Waals surface area contributed by atoms with Crippen LogP contribution in [0.3, 0.4) is 0 Å². The molecule has 0 aliphatic carbocycles. The van der Waals surface area contributed by atoms with E-state index in [-0.39, 0.29) is 5.41 Å². The predicted octanol–water partition coefficient (Wildman–Crippen LogP) is 3.89. The maximum absolute atomic E-state index is 5.63. The van der Waals surface area contributed by atoms with Crippen LogP contribution in [-0.4, -0.2) is 4.98 Å². The summed E-state index contributed by atoms with van der Waals surface area (Å²) in [5.74, 6) is 5.63. The SMILES string of the molecule is Cc1c(Br)ccc2c(NN)cc(C(C)(C)C)nc12. The smallest absolute Gasteiger partial charge is 0.0767 e. The van der Waals surface area contributed by atoms with Gasteiger partial charge in [0.05, 0.1) is 11.2 Å². The number of hydrazine groups is 1. The maximum Gasteiger partial charge on any atom is 0.0767 e. The lowest BCUT2D eigenvalue weighted by molar-refractivity contribution is 0.571. The van der Waals surface area contributed by atoms with Crippen molar-refractivity contribution in [2.24, 2.45) is 5.84 Å². The van der Waals surface area contributed by atoms with Crippen LogP contribution < -0.4 is 11.3 Å². The highest BCUT2D eigenvalue weighted by Crippen LogP contribution is 2.32. The topological polar surface area (TPSA) is 50.9 Å². The minimum atomic E-state index is -0.00541. The molecule has 1 heterocycles. The van der Waals surface area contributed by atoms with Crippen LogP contribution in [0.4, 0.5) is 5.69 Å². The summed E-state index contributed by atoms with van der Waals surface area (Å²) in [5, 5.41) is 1.05. The number of aromatic nitrogens is 1. The lowest BCUT2D eigenvalue weighted by atomic mass is 9.90. The first-order valence-corrected chi connectivity index (χ1v) is 6.71. The molecule has 18 heavy (non-hydrogen) atoms. The van der Waals surface area contributed by atoms with Gasteiger partial charge >= 0.3 is 0 Å². The molecule has 0 spiro atoms. The molecule has 0 saturated heterocycles. The van der Waals surface area contributed by atoms with Crippen molar-refractivity contribution in [3.05, 3.63) is 33.9 Å². The van der Waals surface area contributed by atoms with Crippen molar-refractivity contribution in [3.8, 4) is 0 Å². The minimum Gasteiger partial charge on any atom is -0.323 e. The van der Waals surface area contributed by atoms with E-state index in [1.807, 2.05) is 18.2 Å². The summed E-state index contributed by atoms with van der Waals surface area (Å²) in [6.07, 6.45) is 0. The molecule has 0 aliphatic rings. The van der Waals surface area contributed by atoms with Crippen LogP contribution in [0.25, 0.3) is 10.9 Å². The number of nitrogens with zero attached hydrogens (tertiary/aromatic N) is 1. The average Bonchev–Trinajstić information content (AvgIpc) is 2.31. The van der Waals surface area contributed by atoms with Crippen molar-refractivity contribution in [1.29, 1.82) is 0 Å². The van der Waals surface area contributed by atoms with Crippen LogP contribution in [-0.2, 0) is 5.41 Å². The largest absolute Gasteiger partial charge is 0.323 e. The van der Waals surface area contributed by atoms with Crippen LogP contribution in [0.1, 0.15) is 32.0 Å². The van der Waals surface area contributed by atoms with E-state index >= 15 is 0 Å². The van der Waals surface area contributed by atoms with E-state index in [9.17, 15) is 0 Å². The van der Waals surface area contributed by atoms with Gasteiger partial charge in [-0.2, -0.15) is 0 Å². The second kappa shape index (κ2) is 4.52. The van der Waals surface area contributed by atoms with Gasteiger partial charge in [-0.25, -0.2) is 0 Å². The van der Waals surface area contributed by atoms with E-state index in [1.54, 1.807) is 0 Å². The molecule has 4 heteroatoms. The predicted molar refractivity (Wildman–Crippen MR) is 80.7 cm³/mol. The molecule has 2 rings (SSSR count). The van der Waals surface area contributed by atoms with E-state index in [0.29, 0.717) is 0 Å². The fourth-order valence-electron chi connectivity index (χ4n) is 1.91. The number of aryl methyl sites for hydroxylation is 1. The zero-order valence-electron chi connectivity index (χ0n) is 11.1. The fraction of sp³-hybridized carbons (Fsp3) is 0.357. The first kappa shape index (κ1) is 13.3. The van der Waals surface area contributed by atoms with Gasteiger partial charge in [-0.1, -0.05) is 36.7 Å². The van der Waals surface area contributed by atoms with Gasteiger partial charge in [-0.05, 0) is 30.7 Å². The van der Waals surface area contributed by atoms with Gasteiger partial charge in [0, 0.05) is 21.0 Å². The molecule has 1 aromatic heterocycles. The first-order chi connectivity index (χ1) is 8.34. The van der Waals surface area contributed by atoms with Gasteiger partial charge in [0.15, 0.2) is 0 Å². The normalized spacial score (nSPS) is 11.9. The van der Waals surface area contributed by atoms with Crippen LogP contribution >= 0.6 is 15.9 Å². The summed E-state index contributed by atoms with van der Waals surface area (Å²) in [6, 6.07) is 6.08. The third kappa shape index (κ3) is 2.22. The number of fused-ring (bicyclic) bond motifs is 1. The van der Waals surface area contributed by atoms with Crippen molar-refractivity contribution in [1.82, 2.24) is 4.98 Å². The number of nitrogens with one attached hydrogen (secondary N) is 1. The second-order valence-electron chi connectivity index (χ2n) is 5.52. The summed E-state index contributed by atoms with van der Waals surface area (Å²) in [4.78, 5) is 4.79. The fourth-order valence-corrected chi connectivity index (χ4v) is 2.23. The van der Waals surface area contributed by atoms with Gasteiger partial charge in [0.2, 0.25) is 0 Å². The highest BCUT2D eigenvalue weighted by Gasteiger charge is 2.18. The molecule has 0 aliphatic heterocycles. The monoisotopic (exact) mass is 307 g/mol. The Hall–Kier alpha value is -1.13. The zero-order chi connectivity index (χ0) is 13.5. The molecule has 2 aromatic rings. The van der Waals surface area contributed by atoms with Gasteiger partial charge in [0.25, 0.3) is 0 Å². The summed E-state index contributed by atoms with van der Waals surface area (Å²) in [5.41, 5.74) is 6.84. The van der Waals surface area contributed by atoms with Crippen LogP contribution in [0, 0.1) is 6.92 Å². The third-order valence-electron chi connectivity index (χ3n) is 3.09. The van der Waals surface area contributed by atoms with E-state index in [2.05, 4.69) is 49.1 Å². The molecule has 0 unspecified atom stereocenters. The molecular weight excluding hydrogens is 290 g/mol. The van der Waals surface area contributed by atoms with Gasteiger partial charge < -0.3 is 5.43 Å². The van der Waals surface area contributed by atoms with Gasteiger partial charge in [-0.15, -0.1) is 0 Å². The lowest BCUT2D eigenvalue weighted by Crippen LogP contribution is -2.16. The zero-order valence-corrected chi connectivity index (χ0v) is 12.7. The van der Waals surface area contributed by atoms with Crippen LogP contribution in [0.5, 0.6) is 0 Å². The van der Waals surface area contributed by atoms with Crippen molar-refractivity contribution < 1.29 is 0 Å². The molecule has 3 N–H and O–H groups in total. The summed E-state index contributed by atoms with van der Waals surface area (Å²) in [6.45, 7) is 8.50. The molecule has 0 radical (unpaired) electrons. The molecule has 3 nitrogen and oxygen atoms in total. The lowest BCUT2D eigenvalue weighted by Gasteiger charge is -2.20. The van der Waals surface area contributed by atoms with Crippen LogP contribution in [0.2, 0.25) is 0 Å². The summed E-state index contributed by atoms with van der Waals surface area (Å²) in [7, 11) is 0. The number of nitrogens with two attached hydrogens (primary N) is 1. The van der Waals surface area contributed by atoms with Crippen molar-refractivity contribution in [3.63, 3.8) is 0 Å². The van der Waals surface area contributed by atoms with Crippen molar-refractivity contribution >= 4 is 32.5 Å². The highest BCUT2D eigenvalue weighted by molar-refractivity contribution is 9.10. The quantitative estimate of drug-likeness (QED) is 0.621. The molecule has 0 amide bonds. The number of halogens is 1. The third-order valence-corrected chi connectivity index (χ3v) is 3.95. The molecular formula is C14H18BrN3. The number of nitrogen functional groups attached to an aromatic ring is 1. The summed E-state index contributed by atoms with van der Waals surface area (Å²) < 4.78 is 1.07.